The van der Waals surface area contributed by atoms with Crippen molar-refractivity contribution in [2.75, 3.05) is 0 Å². The molecule has 0 N–H and O–H groups in total. The van der Waals surface area contributed by atoms with Crippen molar-refractivity contribution in [1.29, 1.82) is 0 Å². The fourth-order valence-corrected chi connectivity index (χ4v) is 2.59. The Hall–Kier alpha value is -1.64. The molecule has 0 aromatic heterocycles. The van der Waals surface area contributed by atoms with Gasteiger partial charge in [-0.15, -0.1) is 0 Å². The van der Waals surface area contributed by atoms with Gasteiger partial charge in [0.25, 0.3) is 0 Å². The summed E-state index contributed by atoms with van der Waals surface area (Å²) in [6, 6.07) is 9.83. The highest BCUT2D eigenvalue weighted by atomic mass is 16.2. The zero-order chi connectivity index (χ0) is 13.2. The van der Waals surface area contributed by atoms with Crippen molar-refractivity contribution in [3.05, 3.63) is 35.9 Å². The van der Waals surface area contributed by atoms with E-state index in [9.17, 15) is 9.59 Å². The number of Topliss-reactive ketones (excluding diaryl/α,β-unsaturated/α-hetero) is 1. The molecule has 1 saturated heterocycles. The molecule has 1 aromatic rings. The molecule has 1 unspecified atom stereocenters. The molecule has 3 heteroatoms. The van der Waals surface area contributed by atoms with Gasteiger partial charge in [-0.1, -0.05) is 37.3 Å². The number of nitrogens with zero attached hydrogens (tertiary/aromatic N) is 1. The second-order valence-electron chi connectivity index (χ2n) is 5.02. The van der Waals surface area contributed by atoms with Crippen LogP contribution in [0.2, 0.25) is 0 Å². The van der Waals surface area contributed by atoms with Crippen LogP contribution in [0.4, 0.5) is 0 Å². The lowest BCUT2D eigenvalue weighted by molar-refractivity contribution is -0.139. The van der Waals surface area contributed by atoms with Crippen LogP contribution in [0.3, 0.4) is 0 Å². The summed E-state index contributed by atoms with van der Waals surface area (Å²) in [5.41, 5.74) is 0.463. The Bertz CT molecular complexity index is 455. The second kappa shape index (κ2) is 4.92. The Labute approximate surface area is 108 Å². The largest absolute Gasteiger partial charge is 0.326 e. The molecule has 1 aliphatic heterocycles. The van der Waals surface area contributed by atoms with E-state index < -0.39 is 5.54 Å². The number of hydrogen-bond donors (Lipinski definition) is 0. The molecule has 1 atom stereocenters. The molecule has 1 aliphatic rings. The van der Waals surface area contributed by atoms with Gasteiger partial charge < -0.3 is 4.90 Å². The van der Waals surface area contributed by atoms with Crippen molar-refractivity contribution in [3.8, 4) is 0 Å². The second-order valence-corrected chi connectivity index (χ2v) is 5.02. The maximum absolute atomic E-state index is 12.1. The molecule has 0 spiro atoms. The van der Waals surface area contributed by atoms with Crippen molar-refractivity contribution >= 4 is 11.7 Å². The van der Waals surface area contributed by atoms with E-state index in [2.05, 4.69) is 0 Å². The van der Waals surface area contributed by atoms with Gasteiger partial charge in [0.15, 0.2) is 5.78 Å². The fourth-order valence-electron chi connectivity index (χ4n) is 2.59. The number of carbonyl (C=O) groups is 2. The summed E-state index contributed by atoms with van der Waals surface area (Å²) in [7, 11) is 0. The lowest BCUT2D eigenvalue weighted by Gasteiger charge is -2.33. The van der Waals surface area contributed by atoms with E-state index in [1.54, 1.807) is 4.90 Å². The molecule has 0 saturated carbocycles. The molecule has 1 aromatic carbocycles. The Morgan fingerprint density at radius 2 is 2.00 bits per heavy atom. The first-order valence-electron chi connectivity index (χ1n) is 6.45. The van der Waals surface area contributed by atoms with E-state index in [1.165, 1.54) is 0 Å². The number of likely N-dealkylation sites (tertiary alicyclic amines) is 1. The predicted molar refractivity (Wildman–Crippen MR) is 69.9 cm³/mol. The molecule has 0 aliphatic carbocycles. The molecular formula is C15H19NO2. The number of amides is 1. The summed E-state index contributed by atoms with van der Waals surface area (Å²) in [6.45, 7) is 4.28. The number of ketones is 1. The minimum absolute atomic E-state index is 0.0863. The number of rotatable bonds is 4. The van der Waals surface area contributed by atoms with Gasteiger partial charge in [0.1, 0.15) is 0 Å². The van der Waals surface area contributed by atoms with Crippen molar-refractivity contribution in [2.45, 2.75) is 45.2 Å². The van der Waals surface area contributed by atoms with E-state index in [0.717, 1.165) is 5.56 Å². The molecular weight excluding hydrogens is 226 g/mol. The summed E-state index contributed by atoms with van der Waals surface area (Å²) in [6.07, 6.45) is 1.61. The van der Waals surface area contributed by atoms with Crippen LogP contribution in [0.5, 0.6) is 0 Å². The molecule has 0 bridgehead atoms. The van der Waals surface area contributed by atoms with Gasteiger partial charge in [-0.2, -0.15) is 0 Å². The van der Waals surface area contributed by atoms with Crippen molar-refractivity contribution < 1.29 is 9.59 Å². The fraction of sp³-hybridized carbons (Fsp3) is 0.467. The van der Waals surface area contributed by atoms with Crippen LogP contribution in [0.25, 0.3) is 0 Å². The Morgan fingerprint density at radius 1 is 1.33 bits per heavy atom. The van der Waals surface area contributed by atoms with E-state index in [1.807, 2.05) is 44.2 Å². The van der Waals surface area contributed by atoms with Gasteiger partial charge >= 0.3 is 0 Å². The van der Waals surface area contributed by atoms with Crippen LogP contribution >= 0.6 is 0 Å². The van der Waals surface area contributed by atoms with Gasteiger partial charge in [-0.05, 0) is 18.9 Å². The van der Waals surface area contributed by atoms with E-state index in [-0.39, 0.29) is 11.7 Å². The highest BCUT2D eigenvalue weighted by Crippen LogP contribution is 2.33. The van der Waals surface area contributed by atoms with Crippen LogP contribution in [0.1, 0.15) is 38.7 Å². The van der Waals surface area contributed by atoms with E-state index in [0.29, 0.717) is 25.8 Å². The maximum atomic E-state index is 12.1. The zero-order valence-electron chi connectivity index (χ0n) is 11.0. The molecule has 1 fully saturated rings. The Balaban J connectivity index is 2.23. The summed E-state index contributed by atoms with van der Waals surface area (Å²) in [4.78, 5) is 25.8. The summed E-state index contributed by atoms with van der Waals surface area (Å²) in [5.74, 6) is 0.243. The molecule has 18 heavy (non-hydrogen) atoms. The van der Waals surface area contributed by atoms with Crippen LogP contribution < -0.4 is 0 Å². The van der Waals surface area contributed by atoms with Gasteiger partial charge in [-0.25, -0.2) is 0 Å². The smallest absolute Gasteiger partial charge is 0.223 e. The Kier molecular flexibility index (Phi) is 3.50. The summed E-state index contributed by atoms with van der Waals surface area (Å²) >= 11 is 0. The Morgan fingerprint density at radius 3 is 2.61 bits per heavy atom. The maximum Gasteiger partial charge on any atom is 0.223 e. The molecule has 1 heterocycles. The topological polar surface area (TPSA) is 37.4 Å². The van der Waals surface area contributed by atoms with Gasteiger partial charge in [0.05, 0.1) is 5.54 Å². The average Bonchev–Trinajstić information content (AvgIpc) is 2.68. The third-order valence-electron chi connectivity index (χ3n) is 3.83. The minimum Gasteiger partial charge on any atom is -0.326 e. The number of hydrogen-bond acceptors (Lipinski definition) is 2. The van der Waals surface area contributed by atoms with E-state index >= 15 is 0 Å². The summed E-state index contributed by atoms with van der Waals surface area (Å²) in [5, 5.41) is 0. The summed E-state index contributed by atoms with van der Waals surface area (Å²) < 4.78 is 0. The molecule has 0 radical (unpaired) electrons. The van der Waals surface area contributed by atoms with Crippen molar-refractivity contribution in [1.82, 2.24) is 4.90 Å². The zero-order valence-corrected chi connectivity index (χ0v) is 11.0. The van der Waals surface area contributed by atoms with Crippen LogP contribution in [0, 0.1) is 0 Å². The van der Waals surface area contributed by atoms with Crippen molar-refractivity contribution in [3.63, 3.8) is 0 Å². The quantitative estimate of drug-likeness (QED) is 0.817. The monoisotopic (exact) mass is 245 g/mol. The minimum atomic E-state index is -0.609. The SMILES string of the molecule is CCC(=O)C1(C)CCC(=O)N1Cc1ccccc1. The third kappa shape index (κ3) is 2.17. The molecule has 1 amide bonds. The number of benzene rings is 1. The molecule has 3 nitrogen and oxygen atoms in total. The highest BCUT2D eigenvalue weighted by molar-refractivity contribution is 5.95. The van der Waals surface area contributed by atoms with Crippen LogP contribution in [-0.4, -0.2) is 22.1 Å². The van der Waals surface area contributed by atoms with Crippen LogP contribution in [0.15, 0.2) is 30.3 Å². The first-order chi connectivity index (χ1) is 8.58. The van der Waals surface area contributed by atoms with Gasteiger partial charge in [-0.3, -0.25) is 9.59 Å². The van der Waals surface area contributed by atoms with Crippen LogP contribution in [-0.2, 0) is 16.1 Å². The van der Waals surface area contributed by atoms with Gasteiger partial charge in [0, 0.05) is 19.4 Å². The van der Waals surface area contributed by atoms with E-state index in [4.69, 9.17) is 0 Å². The average molecular weight is 245 g/mol. The molecule has 2 rings (SSSR count). The first-order valence-corrected chi connectivity index (χ1v) is 6.45. The predicted octanol–water partition coefficient (Wildman–Crippen LogP) is 2.55. The third-order valence-corrected chi connectivity index (χ3v) is 3.83. The van der Waals surface area contributed by atoms with Gasteiger partial charge in [0.2, 0.25) is 5.91 Å². The number of carbonyl (C=O) groups excluding carboxylic acids is 2. The lowest BCUT2D eigenvalue weighted by atomic mass is 9.91. The lowest BCUT2D eigenvalue weighted by Crippen LogP contribution is -2.48. The standard InChI is InChI=1S/C15H19NO2/c1-3-13(17)15(2)10-9-14(18)16(15)11-12-7-5-4-6-8-12/h4-8H,3,9-11H2,1-2H3. The van der Waals surface area contributed by atoms with Crippen molar-refractivity contribution in [2.24, 2.45) is 0 Å². The highest BCUT2D eigenvalue weighted by Gasteiger charge is 2.45. The normalized spacial score (nSPS) is 23.4. The first kappa shape index (κ1) is 12.8. The molecule has 96 valence electrons.